The SMILES string of the molecule is CCc1ccc(C2C(S(=O)(=O)c3ccc(Cl)cc3)C2(C=O)NC(=O)OC(C)(C)C)cc1. The Hall–Kier alpha value is -2.38. The average Bonchev–Trinajstić information content (AvgIpc) is 3.36. The second-order valence-electron chi connectivity index (χ2n) is 8.67. The minimum atomic E-state index is -3.96. The van der Waals surface area contributed by atoms with Gasteiger partial charge >= 0.3 is 6.09 Å². The highest BCUT2D eigenvalue weighted by Gasteiger charge is 2.73. The Morgan fingerprint density at radius 1 is 1.13 bits per heavy atom. The number of carbonyl (C=O) groups excluding carboxylic acids is 2. The lowest BCUT2D eigenvalue weighted by Crippen LogP contribution is -2.45. The van der Waals surface area contributed by atoms with Crippen LogP contribution in [-0.4, -0.2) is 37.2 Å². The molecule has 1 saturated carbocycles. The summed E-state index contributed by atoms with van der Waals surface area (Å²) in [5.74, 6) is -0.746. The molecule has 6 nitrogen and oxygen atoms in total. The highest BCUT2D eigenvalue weighted by Crippen LogP contribution is 2.56. The molecule has 166 valence electrons. The van der Waals surface area contributed by atoms with Crippen LogP contribution in [0.1, 0.15) is 44.7 Å². The quantitative estimate of drug-likeness (QED) is 0.645. The molecule has 1 aliphatic carbocycles. The van der Waals surface area contributed by atoms with Crippen molar-refractivity contribution in [2.24, 2.45) is 0 Å². The minimum absolute atomic E-state index is 0.0341. The zero-order valence-corrected chi connectivity index (χ0v) is 19.5. The zero-order valence-electron chi connectivity index (χ0n) is 17.9. The fraction of sp³-hybridized carbons (Fsp3) is 0.391. The van der Waals surface area contributed by atoms with E-state index in [4.69, 9.17) is 16.3 Å². The maximum absolute atomic E-state index is 13.5. The number of hydrogen-bond acceptors (Lipinski definition) is 5. The van der Waals surface area contributed by atoms with E-state index in [2.05, 4.69) is 5.32 Å². The lowest BCUT2D eigenvalue weighted by molar-refractivity contribution is -0.110. The van der Waals surface area contributed by atoms with Gasteiger partial charge in [0.15, 0.2) is 9.84 Å². The smallest absolute Gasteiger partial charge is 0.408 e. The Morgan fingerprint density at radius 2 is 1.71 bits per heavy atom. The largest absolute Gasteiger partial charge is 0.444 e. The molecule has 8 heteroatoms. The molecule has 1 aliphatic rings. The summed E-state index contributed by atoms with van der Waals surface area (Å²) in [6.07, 6.45) is 0.489. The van der Waals surface area contributed by atoms with Crippen LogP contribution in [0.4, 0.5) is 4.79 Å². The van der Waals surface area contributed by atoms with Gasteiger partial charge in [0.2, 0.25) is 0 Å². The molecule has 1 amide bonds. The van der Waals surface area contributed by atoms with Crippen LogP contribution in [0.25, 0.3) is 0 Å². The van der Waals surface area contributed by atoms with Crippen molar-refractivity contribution in [2.45, 2.75) is 61.3 Å². The van der Waals surface area contributed by atoms with Gasteiger partial charge in [0.05, 0.1) is 4.90 Å². The summed E-state index contributed by atoms with van der Waals surface area (Å²) < 4.78 is 32.2. The third kappa shape index (κ3) is 4.62. The number of hydrogen-bond donors (Lipinski definition) is 1. The van der Waals surface area contributed by atoms with Gasteiger partial charge in [-0.2, -0.15) is 0 Å². The zero-order chi connectivity index (χ0) is 23.0. The summed E-state index contributed by atoms with van der Waals surface area (Å²) >= 11 is 5.90. The minimum Gasteiger partial charge on any atom is -0.444 e. The molecule has 2 aromatic carbocycles. The number of amides is 1. The van der Waals surface area contributed by atoms with Crippen LogP contribution in [0.15, 0.2) is 53.4 Å². The molecule has 3 atom stereocenters. The predicted octanol–water partition coefficient (Wildman–Crippen LogP) is 4.30. The fourth-order valence-corrected chi connectivity index (χ4v) is 6.16. The Morgan fingerprint density at radius 3 is 2.19 bits per heavy atom. The second-order valence-corrected chi connectivity index (χ2v) is 11.2. The van der Waals surface area contributed by atoms with Crippen molar-refractivity contribution in [3.8, 4) is 0 Å². The van der Waals surface area contributed by atoms with Gasteiger partial charge in [-0.3, -0.25) is 0 Å². The third-order valence-corrected chi connectivity index (χ3v) is 7.83. The molecular formula is C23H26ClNO5S. The second kappa shape index (κ2) is 8.28. The van der Waals surface area contributed by atoms with E-state index in [1.807, 2.05) is 19.1 Å². The van der Waals surface area contributed by atoms with Gasteiger partial charge in [-0.15, -0.1) is 0 Å². The standard InChI is InChI=1S/C23H26ClNO5S/c1-5-15-6-8-16(9-7-15)19-20(31(28,29)18-12-10-17(24)11-13-18)23(19,14-26)25-21(27)30-22(2,3)4/h6-14,19-20H,5H2,1-4H3,(H,25,27). The number of nitrogens with one attached hydrogen (secondary N) is 1. The first-order valence-corrected chi connectivity index (χ1v) is 11.9. The van der Waals surface area contributed by atoms with Crippen molar-refractivity contribution in [1.29, 1.82) is 0 Å². The third-order valence-electron chi connectivity index (χ3n) is 5.32. The lowest BCUT2D eigenvalue weighted by Gasteiger charge is -2.22. The Labute approximate surface area is 187 Å². The number of halogens is 1. The van der Waals surface area contributed by atoms with Gasteiger partial charge in [0.1, 0.15) is 22.7 Å². The molecule has 2 aromatic rings. The highest BCUT2D eigenvalue weighted by molar-refractivity contribution is 7.92. The summed E-state index contributed by atoms with van der Waals surface area (Å²) in [4.78, 5) is 24.8. The maximum Gasteiger partial charge on any atom is 0.408 e. The molecule has 0 heterocycles. The number of benzene rings is 2. The fourth-order valence-electron chi connectivity index (χ4n) is 3.79. The Balaban J connectivity index is 2.04. The first-order chi connectivity index (χ1) is 14.4. The molecular weight excluding hydrogens is 438 g/mol. The number of aldehydes is 1. The van der Waals surface area contributed by atoms with Crippen LogP contribution in [0.3, 0.4) is 0 Å². The van der Waals surface area contributed by atoms with Gasteiger partial charge in [-0.25, -0.2) is 13.2 Å². The predicted molar refractivity (Wildman–Crippen MR) is 119 cm³/mol. The summed E-state index contributed by atoms with van der Waals surface area (Å²) in [5.41, 5.74) is -0.693. The van der Waals surface area contributed by atoms with E-state index < -0.39 is 38.2 Å². The molecule has 31 heavy (non-hydrogen) atoms. The van der Waals surface area contributed by atoms with Crippen molar-refractivity contribution < 1.29 is 22.7 Å². The highest BCUT2D eigenvalue weighted by atomic mass is 35.5. The molecule has 0 bridgehead atoms. The van der Waals surface area contributed by atoms with E-state index in [9.17, 15) is 18.0 Å². The van der Waals surface area contributed by atoms with Gasteiger partial charge in [-0.05, 0) is 62.6 Å². The summed E-state index contributed by atoms with van der Waals surface area (Å²) in [5, 5.41) is 1.78. The topological polar surface area (TPSA) is 89.5 Å². The molecule has 0 saturated heterocycles. The molecule has 3 rings (SSSR count). The molecule has 0 aliphatic heterocycles. The monoisotopic (exact) mass is 463 g/mol. The average molecular weight is 464 g/mol. The summed E-state index contributed by atoms with van der Waals surface area (Å²) in [7, 11) is -3.96. The molecule has 0 spiro atoms. The summed E-state index contributed by atoms with van der Waals surface area (Å²) in [6.45, 7) is 7.08. The van der Waals surface area contributed by atoms with Crippen LogP contribution in [0.2, 0.25) is 5.02 Å². The molecule has 3 unspecified atom stereocenters. The van der Waals surface area contributed by atoms with Crippen LogP contribution >= 0.6 is 11.6 Å². The van der Waals surface area contributed by atoms with Gasteiger partial charge < -0.3 is 14.8 Å². The summed E-state index contributed by atoms with van der Waals surface area (Å²) in [6, 6.07) is 13.1. The molecule has 0 radical (unpaired) electrons. The van der Waals surface area contributed by atoms with Gasteiger partial charge in [0.25, 0.3) is 0 Å². The van der Waals surface area contributed by atoms with E-state index in [0.717, 1.165) is 12.0 Å². The van der Waals surface area contributed by atoms with Crippen molar-refractivity contribution >= 4 is 33.8 Å². The van der Waals surface area contributed by atoms with Gasteiger partial charge in [-0.1, -0.05) is 42.8 Å². The van der Waals surface area contributed by atoms with Crippen molar-refractivity contribution in [3.05, 3.63) is 64.7 Å². The van der Waals surface area contributed by atoms with Crippen LogP contribution in [-0.2, 0) is 25.8 Å². The first-order valence-electron chi connectivity index (χ1n) is 10.0. The van der Waals surface area contributed by atoms with Gasteiger partial charge in [0, 0.05) is 10.9 Å². The molecule has 1 fully saturated rings. The van der Waals surface area contributed by atoms with E-state index in [1.54, 1.807) is 32.9 Å². The number of aryl methyl sites for hydroxylation is 1. The molecule has 1 N–H and O–H groups in total. The Kier molecular flexibility index (Phi) is 6.22. The number of alkyl carbamates (subject to hydrolysis) is 1. The van der Waals surface area contributed by atoms with Crippen molar-refractivity contribution in [2.75, 3.05) is 0 Å². The van der Waals surface area contributed by atoms with Crippen molar-refractivity contribution in [3.63, 3.8) is 0 Å². The number of sulfone groups is 1. The van der Waals surface area contributed by atoms with Crippen LogP contribution < -0.4 is 5.32 Å². The maximum atomic E-state index is 13.5. The van der Waals surface area contributed by atoms with E-state index >= 15 is 0 Å². The van der Waals surface area contributed by atoms with E-state index in [-0.39, 0.29) is 4.90 Å². The van der Waals surface area contributed by atoms with E-state index in [1.165, 1.54) is 24.3 Å². The van der Waals surface area contributed by atoms with E-state index in [0.29, 0.717) is 16.9 Å². The van der Waals surface area contributed by atoms with Crippen molar-refractivity contribution in [1.82, 2.24) is 5.32 Å². The first kappa shape index (κ1) is 23.3. The van der Waals surface area contributed by atoms with Crippen LogP contribution in [0.5, 0.6) is 0 Å². The Bertz CT molecular complexity index is 1070. The number of carbonyl (C=O) groups is 2. The molecule has 0 aromatic heterocycles. The normalized spacial score (nSPS) is 23.1. The number of ether oxygens (including phenoxy) is 1. The lowest BCUT2D eigenvalue weighted by atomic mass is 10.0. The van der Waals surface area contributed by atoms with Crippen LogP contribution in [0, 0.1) is 0 Å². The number of rotatable bonds is 6.